The van der Waals surface area contributed by atoms with Crippen LogP contribution >= 0.6 is 15.9 Å². The van der Waals surface area contributed by atoms with Crippen LogP contribution < -0.4 is 0 Å². The molecule has 0 heterocycles. The van der Waals surface area contributed by atoms with E-state index in [9.17, 15) is 0 Å². The Morgan fingerprint density at radius 2 is 1.83 bits per heavy atom. The highest BCUT2D eigenvalue weighted by Gasteiger charge is 2.19. The molecule has 102 valence electrons. The van der Waals surface area contributed by atoms with Gasteiger partial charge in [-0.2, -0.15) is 0 Å². The van der Waals surface area contributed by atoms with Crippen molar-refractivity contribution in [3.05, 3.63) is 35.4 Å². The summed E-state index contributed by atoms with van der Waals surface area (Å²) in [4.78, 5) is 0. The second-order valence-electron chi connectivity index (χ2n) is 5.71. The van der Waals surface area contributed by atoms with Gasteiger partial charge in [0, 0.05) is 12.4 Å². The highest BCUT2D eigenvalue weighted by Crippen LogP contribution is 2.23. The van der Waals surface area contributed by atoms with Gasteiger partial charge >= 0.3 is 0 Å². The number of ether oxygens (including phenoxy) is 1. The summed E-state index contributed by atoms with van der Waals surface area (Å²) >= 11 is 3.64. The molecular weight excluding hydrogens is 288 g/mol. The number of aryl methyl sites for hydroxylation is 1. The Bertz CT molecular complexity index is 343. The third-order valence-corrected chi connectivity index (χ3v) is 4.49. The highest BCUT2D eigenvalue weighted by molar-refractivity contribution is 9.09. The predicted octanol–water partition coefficient (Wildman–Crippen LogP) is 4.75. The van der Waals surface area contributed by atoms with Crippen molar-refractivity contribution in [3.63, 3.8) is 0 Å². The number of hydrogen-bond donors (Lipinski definition) is 0. The van der Waals surface area contributed by atoms with Gasteiger partial charge in [-0.3, -0.25) is 0 Å². The van der Waals surface area contributed by atoms with E-state index in [-0.39, 0.29) is 5.60 Å². The van der Waals surface area contributed by atoms with E-state index in [1.54, 1.807) is 7.11 Å². The van der Waals surface area contributed by atoms with Gasteiger partial charge in [-0.15, -0.1) is 0 Å². The Labute approximate surface area is 120 Å². The van der Waals surface area contributed by atoms with Crippen molar-refractivity contribution in [1.29, 1.82) is 0 Å². The van der Waals surface area contributed by atoms with Gasteiger partial charge in [0.05, 0.1) is 5.60 Å². The Kier molecular flexibility index (Phi) is 6.37. The molecule has 0 N–H and O–H groups in total. The molecule has 1 rings (SSSR count). The van der Waals surface area contributed by atoms with Gasteiger partial charge in [-0.05, 0) is 51.5 Å². The van der Waals surface area contributed by atoms with Gasteiger partial charge in [-0.1, -0.05) is 45.8 Å². The summed E-state index contributed by atoms with van der Waals surface area (Å²) in [6.07, 6.45) is 3.44. The van der Waals surface area contributed by atoms with Gasteiger partial charge in [-0.25, -0.2) is 0 Å². The number of alkyl halides is 1. The quantitative estimate of drug-likeness (QED) is 0.660. The average Bonchev–Trinajstić information content (AvgIpc) is 2.37. The SMILES string of the molecule is COC(C)(C)CCC(CBr)Cc1ccc(C)cc1. The summed E-state index contributed by atoms with van der Waals surface area (Å²) in [6.45, 7) is 6.45. The number of rotatable bonds is 7. The predicted molar refractivity (Wildman–Crippen MR) is 82.5 cm³/mol. The van der Waals surface area contributed by atoms with Crippen molar-refractivity contribution in [3.8, 4) is 0 Å². The van der Waals surface area contributed by atoms with Gasteiger partial charge in [0.25, 0.3) is 0 Å². The molecule has 0 aliphatic rings. The zero-order chi connectivity index (χ0) is 13.6. The number of halogens is 1. The largest absolute Gasteiger partial charge is 0.379 e. The molecule has 0 spiro atoms. The van der Waals surface area contributed by atoms with Crippen molar-refractivity contribution in [1.82, 2.24) is 0 Å². The van der Waals surface area contributed by atoms with Crippen LogP contribution in [-0.4, -0.2) is 18.0 Å². The Hall–Kier alpha value is -0.340. The maximum Gasteiger partial charge on any atom is 0.0622 e. The number of benzene rings is 1. The van der Waals surface area contributed by atoms with Crippen molar-refractivity contribution in [2.45, 2.75) is 45.6 Å². The van der Waals surface area contributed by atoms with Gasteiger partial charge in [0.2, 0.25) is 0 Å². The molecule has 18 heavy (non-hydrogen) atoms. The minimum absolute atomic E-state index is 0.00625. The minimum Gasteiger partial charge on any atom is -0.379 e. The van der Waals surface area contributed by atoms with Gasteiger partial charge in [0.1, 0.15) is 0 Å². The average molecular weight is 313 g/mol. The summed E-state index contributed by atoms with van der Waals surface area (Å²) in [5.74, 6) is 0.683. The molecule has 1 atom stereocenters. The van der Waals surface area contributed by atoms with E-state index >= 15 is 0 Å². The van der Waals surface area contributed by atoms with Crippen LogP contribution in [0.3, 0.4) is 0 Å². The molecule has 1 nitrogen and oxygen atoms in total. The van der Waals surface area contributed by atoms with Crippen LogP contribution in [0.15, 0.2) is 24.3 Å². The zero-order valence-electron chi connectivity index (χ0n) is 12.0. The number of methoxy groups -OCH3 is 1. The Morgan fingerprint density at radius 3 is 2.33 bits per heavy atom. The van der Waals surface area contributed by atoms with E-state index in [0.29, 0.717) is 5.92 Å². The molecule has 2 heteroatoms. The summed E-state index contributed by atoms with van der Waals surface area (Å²) < 4.78 is 5.48. The molecule has 0 aromatic heterocycles. The first-order chi connectivity index (χ1) is 8.46. The monoisotopic (exact) mass is 312 g/mol. The smallest absolute Gasteiger partial charge is 0.0622 e. The van der Waals surface area contributed by atoms with Crippen molar-refractivity contribution in [2.24, 2.45) is 5.92 Å². The molecule has 0 saturated carbocycles. The summed E-state index contributed by atoms with van der Waals surface area (Å²) in [6, 6.07) is 8.87. The standard InChI is InChI=1S/C16H25BrO/c1-13-5-7-14(8-6-13)11-15(12-17)9-10-16(2,3)18-4/h5-8,15H,9-12H2,1-4H3. The lowest BCUT2D eigenvalue weighted by molar-refractivity contribution is 0.0110. The molecule has 1 aromatic rings. The summed E-state index contributed by atoms with van der Waals surface area (Å²) in [5, 5.41) is 1.06. The molecule has 0 bridgehead atoms. The summed E-state index contributed by atoms with van der Waals surface area (Å²) in [5.41, 5.74) is 2.75. The topological polar surface area (TPSA) is 9.23 Å². The van der Waals surface area contributed by atoms with E-state index in [1.165, 1.54) is 17.5 Å². The Morgan fingerprint density at radius 1 is 1.22 bits per heavy atom. The van der Waals surface area contributed by atoms with E-state index in [0.717, 1.165) is 18.2 Å². The first kappa shape index (κ1) is 15.7. The fourth-order valence-electron chi connectivity index (χ4n) is 1.95. The Balaban J connectivity index is 2.49. The molecule has 0 aliphatic heterocycles. The maximum absolute atomic E-state index is 5.48. The second kappa shape index (κ2) is 7.30. The van der Waals surface area contributed by atoms with Gasteiger partial charge < -0.3 is 4.74 Å². The lowest BCUT2D eigenvalue weighted by Crippen LogP contribution is -2.24. The molecule has 0 fully saturated rings. The van der Waals surface area contributed by atoms with Crippen molar-refractivity contribution < 1.29 is 4.74 Å². The van der Waals surface area contributed by atoms with E-state index in [1.807, 2.05) is 0 Å². The highest BCUT2D eigenvalue weighted by atomic mass is 79.9. The first-order valence-electron chi connectivity index (χ1n) is 6.63. The maximum atomic E-state index is 5.48. The minimum atomic E-state index is -0.00625. The van der Waals surface area contributed by atoms with E-state index < -0.39 is 0 Å². The first-order valence-corrected chi connectivity index (χ1v) is 7.75. The van der Waals surface area contributed by atoms with Crippen LogP contribution in [0.2, 0.25) is 0 Å². The molecule has 0 aliphatic carbocycles. The molecule has 0 saturated heterocycles. The molecule has 0 amide bonds. The van der Waals surface area contributed by atoms with Crippen molar-refractivity contribution in [2.75, 3.05) is 12.4 Å². The van der Waals surface area contributed by atoms with Crippen LogP contribution in [-0.2, 0) is 11.2 Å². The van der Waals surface area contributed by atoms with Crippen LogP contribution in [0.25, 0.3) is 0 Å². The van der Waals surface area contributed by atoms with E-state index in [4.69, 9.17) is 4.74 Å². The lowest BCUT2D eigenvalue weighted by atomic mass is 9.91. The van der Waals surface area contributed by atoms with Crippen LogP contribution in [0, 0.1) is 12.8 Å². The fraction of sp³-hybridized carbons (Fsp3) is 0.625. The second-order valence-corrected chi connectivity index (χ2v) is 6.36. The molecule has 1 aromatic carbocycles. The lowest BCUT2D eigenvalue weighted by Gasteiger charge is -2.25. The van der Waals surface area contributed by atoms with Gasteiger partial charge in [0.15, 0.2) is 0 Å². The third-order valence-electron chi connectivity index (χ3n) is 3.57. The fourth-order valence-corrected chi connectivity index (χ4v) is 2.50. The molecule has 1 unspecified atom stereocenters. The molecule has 0 radical (unpaired) electrons. The van der Waals surface area contributed by atoms with Crippen LogP contribution in [0.1, 0.15) is 37.8 Å². The van der Waals surface area contributed by atoms with Crippen LogP contribution in [0.4, 0.5) is 0 Å². The normalized spacial score (nSPS) is 13.6. The molecular formula is C16H25BrO. The van der Waals surface area contributed by atoms with E-state index in [2.05, 4.69) is 61.0 Å². The number of hydrogen-bond acceptors (Lipinski definition) is 1. The third kappa shape index (κ3) is 5.53. The summed E-state index contributed by atoms with van der Waals surface area (Å²) in [7, 11) is 1.79. The van der Waals surface area contributed by atoms with Crippen molar-refractivity contribution >= 4 is 15.9 Å². The zero-order valence-corrected chi connectivity index (χ0v) is 13.6. The van der Waals surface area contributed by atoms with Crippen LogP contribution in [0.5, 0.6) is 0 Å².